The summed E-state index contributed by atoms with van der Waals surface area (Å²) < 4.78 is 47.5. The Morgan fingerprint density at radius 1 is 1.28 bits per heavy atom. The minimum Gasteiger partial charge on any atom is -0.496 e. The van der Waals surface area contributed by atoms with E-state index in [1.54, 1.807) is 31.2 Å². The number of H-pyrrole nitrogens is 1. The van der Waals surface area contributed by atoms with Gasteiger partial charge in [0.05, 0.1) is 18.9 Å². The Kier molecular flexibility index (Phi) is 5.83. The summed E-state index contributed by atoms with van der Waals surface area (Å²) in [7, 11) is -1.86. The summed E-state index contributed by atoms with van der Waals surface area (Å²) in [5, 5.41) is 3.29. The quantitative estimate of drug-likeness (QED) is 0.430. The molecule has 2 heterocycles. The van der Waals surface area contributed by atoms with Crippen LogP contribution >= 0.6 is 11.3 Å². The number of fused-ring (bicyclic) bond motifs is 3. The van der Waals surface area contributed by atoms with Crippen LogP contribution in [0, 0.1) is 12.7 Å². The average Bonchev–Trinajstić information content (AvgIpc) is 3.23. The molecule has 32 heavy (non-hydrogen) atoms. The van der Waals surface area contributed by atoms with E-state index in [1.165, 1.54) is 18.4 Å². The van der Waals surface area contributed by atoms with E-state index < -0.39 is 21.8 Å². The van der Waals surface area contributed by atoms with Crippen molar-refractivity contribution in [3.63, 3.8) is 0 Å². The van der Waals surface area contributed by atoms with Gasteiger partial charge in [-0.15, -0.1) is 11.3 Å². The fourth-order valence-corrected chi connectivity index (χ4v) is 5.36. The maximum Gasteiger partial charge on any atom is 0.266 e. The van der Waals surface area contributed by atoms with E-state index in [-0.39, 0.29) is 12.1 Å². The monoisotopic (exact) mass is 474 g/mol. The van der Waals surface area contributed by atoms with Gasteiger partial charge in [-0.2, -0.15) is 0 Å². The molecule has 2 aromatic carbocycles. The normalized spacial score (nSPS) is 13.0. The minimum absolute atomic E-state index is 0.0765. The standard InChI is InChI=1S/C23H23FN2O4S2/c1-12-10-17(30-3)18(19-16-8-9-31-22(16)23(27)26-21(12)19)15-7-5-6-14(20(15)24)13(2)11-25-32(4,28)29/h5-10,13,25H,11H2,1-4H3,(H,26,27). The lowest BCUT2D eigenvalue weighted by Gasteiger charge is -2.19. The van der Waals surface area contributed by atoms with Gasteiger partial charge in [-0.3, -0.25) is 4.79 Å². The lowest BCUT2D eigenvalue weighted by Crippen LogP contribution is -2.26. The van der Waals surface area contributed by atoms with E-state index in [0.717, 1.165) is 22.6 Å². The molecule has 1 unspecified atom stereocenters. The van der Waals surface area contributed by atoms with Crippen molar-refractivity contribution in [1.82, 2.24) is 9.71 Å². The zero-order valence-corrected chi connectivity index (χ0v) is 19.7. The molecule has 0 fully saturated rings. The van der Waals surface area contributed by atoms with Crippen molar-refractivity contribution >= 4 is 42.3 Å². The maximum absolute atomic E-state index is 15.9. The van der Waals surface area contributed by atoms with Gasteiger partial charge in [0.15, 0.2) is 0 Å². The number of rotatable bonds is 6. The van der Waals surface area contributed by atoms with Crippen molar-refractivity contribution in [1.29, 1.82) is 0 Å². The highest BCUT2D eigenvalue weighted by atomic mass is 32.2. The number of aryl methyl sites for hydroxylation is 1. The van der Waals surface area contributed by atoms with E-state index in [2.05, 4.69) is 9.71 Å². The highest BCUT2D eigenvalue weighted by molar-refractivity contribution is 7.88. The van der Waals surface area contributed by atoms with Gasteiger partial charge in [-0.25, -0.2) is 17.5 Å². The SMILES string of the molecule is COc1cc(C)c2[nH]c(=O)c3sccc3c2c1-c1cccc(C(C)CNS(C)(=O)=O)c1F. The van der Waals surface area contributed by atoms with E-state index >= 15 is 4.39 Å². The molecule has 0 bridgehead atoms. The summed E-state index contributed by atoms with van der Waals surface area (Å²) in [4.78, 5) is 15.5. The van der Waals surface area contributed by atoms with Crippen LogP contribution in [0.25, 0.3) is 32.1 Å². The Bertz CT molecular complexity index is 1510. The second-order valence-electron chi connectivity index (χ2n) is 7.87. The van der Waals surface area contributed by atoms with Gasteiger partial charge in [0.1, 0.15) is 16.3 Å². The Morgan fingerprint density at radius 3 is 2.72 bits per heavy atom. The molecule has 4 aromatic rings. The summed E-state index contributed by atoms with van der Waals surface area (Å²) in [5.41, 5.74) is 2.53. The van der Waals surface area contributed by atoms with Crippen molar-refractivity contribution in [2.75, 3.05) is 19.9 Å². The highest BCUT2D eigenvalue weighted by Crippen LogP contribution is 2.43. The third kappa shape index (κ3) is 3.92. The third-order valence-electron chi connectivity index (χ3n) is 5.57. The van der Waals surface area contributed by atoms with Gasteiger partial charge in [0.25, 0.3) is 5.56 Å². The summed E-state index contributed by atoms with van der Waals surface area (Å²) in [6.45, 7) is 3.71. The van der Waals surface area contributed by atoms with E-state index in [0.29, 0.717) is 32.7 Å². The first kappa shape index (κ1) is 22.4. The molecule has 9 heteroatoms. The van der Waals surface area contributed by atoms with E-state index in [1.807, 2.05) is 18.4 Å². The minimum atomic E-state index is -3.39. The first-order valence-electron chi connectivity index (χ1n) is 9.96. The molecule has 0 aliphatic rings. The number of halogens is 1. The van der Waals surface area contributed by atoms with E-state index in [4.69, 9.17) is 4.74 Å². The third-order valence-corrected chi connectivity index (χ3v) is 7.17. The van der Waals surface area contributed by atoms with Gasteiger partial charge in [-0.1, -0.05) is 25.1 Å². The Hall–Kier alpha value is -2.75. The van der Waals surface area contributed by atoms with Crippen LogP contribution in [0.15, 0.2) is 40.5 Å². The number of aromatic amines is 1. The van der Waals surface area contributed by atoms with Gasteiger partial charge in [0.2, 0.25) is 10.0 Å². The van der Waals surface area contributed by atoms with Crippen molar-refractivity contribution < 1.29 is 17.5 Å². The number of hydrogen-bond acceptors (Lipinski definition) is 5. The molecule has 0 aliphatic heterocycles. The van der Waals surface area contributed by atoms with Crippen LogP contribution in [-0.2, 0) is 10.0 Å². The van der Waals surface area contributed by atoms with Gasteiger partial charge >= 0.3 is 0 Å². The van der Waals surface area contributed by atoms with E-state index in [9.17, 15) is 13.2 Å². The van der Waals surface area contributed by atoms with Crippen molar-refractivity contribution in [3.8, 4) is 16.9 Å². The molecule has 2 aromatic heterocycles. The molecule has 0 saturated carbocycles. The van der Waals surface area contributed by atoms with Crippen LogP contribution in [-0.4, -0.2) is 33.3 Å². The van der Waals surface area contributed by atoms with Crippen LogP contribution in [0.2, 0.25) is 0 Å². The zero-order valence-electron chi connectivity index (χ0n) is 18.1. The van der Waals surface area contributed by atoms with Gasteiger partial charge in [0, 0.05) is 28.4 Å². The molecule has 0 aliphatic carbocycles. The molecule has 1 atom stereocenters. The molecule has 0 saturated heterocycles. The van der Waals surface area contributed by atoms with Crippen molar-refractivity contribution in [3.05, 3.63) is 63.0 Å². The van der Waals surface area contributed by atoms with Crippen LogP contribution in [0.1, 0.15) is 24.0 Å². The molecule has 6 nitrogen and oxygen atoms in total. The lowest BCUT2D eigenvalue weighted by molar-refractivity contribution is 0.416. The summed E-state index contributed by atoms with van der Waals surface area (Å²) in [6.07, 6.45) is 1.07. The summed E-state index contributed by atoms with van der Waals surface area (Å²) in [5.74, 6) is -0.353. The maximum atomic E-state index is 15.9. The predicted octanol–water partition coefficient (Wildman–Crippen LogP) is 4.52. The molecular formula is C23H23FN2O4S2. The molecule has 168 valence electrons. The van der Waals surface area contributed by atoms with Gasteiger partial charge < -0.3 is 9.72 Å². The van der Waals surface area contributed by atoms with Crippen LogP contribution in [0.5, 0.6) is 5.75 Å². The number of sulfonamides is 1. The molecule has 0 radical (unpaired) electrons. The molecule has 0 spiro atoms. The molecule has 2 N–H and O–H groups in total. The molecule has 0 amide bonds. The number of thiophene rings is 1. The molecule has 4 rings (SSSR count). The largest absolute Gasteiger partial charge is 0.496 e. The van der Waals surface area contributed by atoms with Crippen LogP contribution in [0.4, 0.5) is 4.39 Å². The highest BCUT2D eigenvalue weighted by Gasteiger charge is 2.23. The van der Waals surface area contributed by atoms with Crippen LogP contribution < -0.4 is 15.0 Å². The number of aromatic nitrogens is 1. The number of benzene rings is 2. The van der Waals surface area contributed by atoms with Gasteiger partial charge in [-0.05, 0) is 41.5 Å². The van der Waals surface area contributed by atoms with Crippen molar-refractivity contribution in [2.45, 2.75) is 19.8 Å². The number of pyridine rings is 1. The topological polar surface area (TPSA) is 88.3 Å². The smallest absolute Gasteiger partial charge is 0.266 e. The average molecular weight is 475 g/mol. The molecular weight excluding hydrogens is 451 g/mol. The Morgan fingerprint density at radius 2 is 2.03 bits per heavy atom. The zero-order chi connectivity index (χ0) is 23.2. The number of ether oxygens (including phenoxy) is 1. The Balaban J connectivity index is 2.01. The number of methoxy groups -OCH3 is 1. The first-order valence-corrected chi connectivity index (χ1v) is 12.7. The first-order chi connectivity index (χ1) is 15.1. The van der Waals surface area contributed by atoms with Crippen molar-refractivity contribution in [2.24, 2.45) is 0 Å². The fourth-order valence-electron chi connectivity index (χ4n) is 4.01. The second-order valence-corrected chi connectivity index (χ2v) is 10.6. The lowest BCUT2D eigenvalue weighted by atomic mass is 9.91. The Labute approximate surface area is 189 Å². The second kappa shape index (κ2) is 8.31. The van der Waals surface area contributed by atoms with Crippen LogP contribution in [0.3, 0.4) is 0 Å². The number of hydrogen-bond donors (Lipinski definition) is 2. The summed E-state index contributed by atoms with van der Waals surface area (Å²) >= 11 is 1.33. The number of nitrogens with one attached hydrogen (secondary N) is 2. The summed E-state index contributed by atoms with van der Waals surface area (Å²) in [6, 6.07) is 8.71. The fraction of sp³-hybridized carbons (Fsp3) is 0.261. The predicted molar refractivity (Wildman–Crippen MR) is 128 cm³/mol.